The maximum Gasteiger partial charge on any atom is 1.00 e. The number of carboxylic acids is 1. The molecule has 0 aromatic heterocycles. The number of nitrogens with zero attached hydrogens (tertiary/aromatic N) is 1. The van der Waals surface area contributed by atoms with Crippen LogP contribution in [-0.4, -0.2) is 35.2 Å². The Morgan fingerprint density at radius 3 is 2.08 bits per heavy atom. The van der Waals surface area contributed by atoms with Gasteiger partial charge in [-0.25, -0.2) is 4.79 Å². The fourth-order valence-corrected chi connectivity index (χ4v) is 2.15. The zero-order chi connectivity index (χ0) is 17.8. The summed E-state index contributed by atoms with van der Waals surface area (Å²) in [7, 11) is 0. The third-order valence-corrected chi connectivity index (χ3v) is 3.44. The molecule has 0 heterocycles. The molecule has 5 nitrogen and oxygen atoms in total. The van der Waals surface area contributed by atoms with E-state index in [1.165, 1.54) is 4.90 Å². The number of carbonyl (C=O) groups excluding carboxylic acids is 2. The van der Waals surface area contributed by atoms with Crippen molar-refractivity contribution in [3.05, 3.63) is 34.9 Å². The molecule has 0 aliphatic heterocycles. The molecule has 1 aromatic rings. The summed E-state index contributed by atoms with van der Waals surface area (Å²) in [5.74, 6) is -2.20. The molecule has 0 aliphatic rings. The number of benzene rings is 1. The van der Waals surface area contributed by atoms with E-state index < -0.39 is 23.6 Å². The summed E-state index contributed by atoms with van der Waals surface area (Å²) < 4.78 is 5.35. The first-order valence-corrected chi connectivity index (χ1v) is 7.85. The topological polar surface area (TPSA) is 69.7 Å². The number of hydrogen-bond donors (Lipinski definition) is 0. The van der Waals surface area contributed by atoms with Crippen molar-refractivity contribution in [3.63, 3.8) is 0 Å². The summed E-state index contributed by atoms with van der Waals surface area (Å²) in [6, 6.07) is 6.26. The van der Waals surface area contributed by atoms with Crippen molar-refractivity contribution in [2.45, 2.75) is 52.2 Å². The molecule has 7 heteroatoms. The molecule has 0 aliphatic carbocycles. The van der Waals surface area contributed by atoms with Crippen molar-refractivity contribution in [2.24, 2.45) is 0 Å². The third kappa shape index (κ3) is 7.43. The van der Waals surface area contributed by atoms with E-state index in [-0.39, 0.29) is 42.1 Å². The summed E-state index contributed by atoms with van der Waals surface area (Å²) in [5, 5.41) is 12.0. The molecule has 0 bridgehead atoms. The molecule has 0 radical (unpaired) electrons. The molecular weight excluding hydrogens is 341 g/mol. The van der Waals surface area contributed by atoms with E-state index in [0.29, 0.717) is 10.6 Å². The minimum absolute atomic E-state index is 0. The average molecular weight is 364 g/mol. The Balaban J connectivity index is 0.00000529. The van der Waals surface area contributed by atoms with Crippen molar-refractivity contribution < 1.29 is 49.0 Å². The van der Waals surface area contributed by atoms with E-state index in [4.69, 9.17) is 16.3 Å². The van der Waals surface area contributed by atoms with Crippen LogP contribution in [0.1, 0.15) is 46.1 Å². The van der Waals surface area contributed by atoms with Crippen molar-refractivity contribution in [2.75, 3.05) is 6.54 Å². The molecule has 1 aromatic carbocycles. The standard InChI is InChI=1S/C17H24ClNO4.Na/c1-11(2)19(16(22)23-17(3,4)5)10-14(15(20)21)12-6-8-13(18)9-7-12;/h6-9,11,14H,10H2,1-5H3,(H,20,21);/q;+1/p-1. The van der Waals surface area contributed by atoms with Crippen LogP contribution in [0, 0.1) is 0 Å². The van der Waals surface area contributed by atoms with Crippen LogP contribution in [0.3, 0.4) is 0 Å². The number of amides is 1. The summed E-state index contributed by atoms with van der Waals surface area (Å²) in [6.07, 6.45) is -0.548. The van der Waals surface area contributed by atoms with E-state index in [1.54, 1.807) is 58.9 Å². The van der Waals surface area contributed by atoms with Crippen LogP contribution in [0.2, 0.25) is 5.02 Å². The SMILES string of the molecule is CC(C)N(CC(C(=O)[O-])c1ccc(Cl)cc1)C(=O)OC(C)(C)C.[Na+]. The second-order valence-corrected chi connectivity index (χ2v) is 7.09. The first kappa shape index (κ1) is 23.2. The van der Waals surface area contributed by atoms with Crippen LogP contribution in [0.5, 0.6) is 0 Å². The molecular formula is C17H23ClNNaO4. The van der Waals surface area contributed by atoms with Gasteiger partial charge in [-0.15, -0.1) is 0 Å². The second kappa shape index (κ2) is 9.66. The van der Waals surface area contributed by atoms with E-state index in [1.807, 2.05) is 0 Å². The number of rotatable bonds is 5. The molecule has 1 atom stereocenters. The Labute approximate surface area is 170 Å². The van der Waals surface area contributed by atoms with Crippen LogP contribution in [0.15, 0.2) is 24.3 Å². The van der Waals surface area contributed by atoms with Gasteiger partial charge >= 0.3 is 35.7 Å². The first-order valence-electron chi connectivity index (χ1n) is 7.47. The number of halogens is 1. The van der Waals surface area contributed by atoms with Crippen molar-refractivity contribution in [3.8, 4) is 0 Å². The summed E-state index contributed by atoms with van der Waals surface area (Å²) in [4.78, 5) is 25.2. The fraction of sp³-hybridized carbons (Fsp3) is 0.529. The molecule has 0 fully saturated rings. The van der Waals surface area contributed by atoms with Gasteiger partial charge < -0.3 is 19.5 Å². The minimum atomic E-state index is -1.25. The maximum absolute atomic E-state index is 12.3. The molecule has 1 unspecified atom stereocenters. The van der Waals surface area contributed by atoms with Crippen LogP contribution in [0.4, 0.5) is 4.79 Å². The van der Waals surface area contributed by atoms with Gasteiger partial charge in [-0.2, -0.15) is 0 Å². The van der Waals surface area contributed by atoms with Gasteiger partial charge in [-0.05, 0) is 52.3 Å². The minimum Gasteiger partial charge on any atom is -0.549 e. The molecule has 0 saturated heterocycles. The monoisotopic (exact) mass is 363 g/mol. The van der Waals surface area contributed by atoms with Gasteiger partial charge in [-0.3, -0.25) is 0 Å². The van der Waals surface area contributed by atoms with Crippen molar-refractivity contribution in [1.29, 1.82) is 0 Å². The van der Waals surface area contributed by atoms with Gasteiger partial charge in [0.2, 0.25) is 0 Å². The normalized spacial score (nSPS) is 12.3. The maximum atomic E-state index is 12.3. The molecule has 1 rings (SSSR count). The van der Waals surface area contributed by atoms with Gasteiger partial charge in [0.05, 0.1) is 5.97 Å². The van der Waals surface area contributed by atoms with Crippen LogP contribution in [-0.2, 0) is 9.53 Å². The Hall–Kier alpha value is -0.750. The number of carboxylic acid groups (broad SMARTS) is 1. The molecule has 24 heavy (non-hydrogen) atoms. The van der Waals surface area contributed by atoms with Crippen LogP contribution < -0.4 is 34.7 Å². The number of hydrogen-bond acceptors (Lipinski definition) is 4. The largest absolute Gasteiger partial charge is 1.00 e. The zero-order valence-corrected chi connectivity index (χ0v) is 17.9. The quantitative estimate of drug-likeness (QED) is 0.681. The molecule has 0 saturated carbocycles. The summed E-state index contributed by atoms with van der Waals surface area (Å²) >= 11 is 5.83. The average Bonchev–Trinajstić information content (AvgIpc) is 2.38. The Morgan fingerprint density at radius 1 is 1.21 bits per heavy atom. The smallest absolute Gasteiger partial charge is 0.549 e. The Morgan fingerprint density at radius 2 is 1.71 bits per heavy atom. The molecule has 0 spiro atoms. The van der Waals surface area contributed by atoms with Crippen molar-refractivity contribution >= 4 is 23.7 Å². The molecule has 1 amide bonds. The van der Waals surface area contributed by atoms with E-state index in [2.05, 4.69) is 0 Å². The van der Waals surface area contributed by atoms with Gasteiger partial charge in [0.25, 0.3) is 0 Å². The number of ether oxygens (including phenoxy) is 1. The van der Waals surface area contributed by atoms with Gasteiger partial charge in [-0.1, -0.05) is 23.7 Å². The number of carbonyl (C=O) groups is 2. The van der Waals surface area contributed by atoms with Crippen LogP contribution in [0.25, 0.3) is 0 Å². The summed E-state index contributed by atoms with van der Waals surface area (Å²) in [6.45, 7) is 8.86. The Kier molecular flexibility index (Phi) is 9.36. The Bertz CT molecular complexity index is 555. The van der Waals surface area contributed by atoms with Gasteiger partial charge in [0.15, 0.2) is 0 Å². The van der Waals surface area contributed by atoms with Crippen molar-refractivity contribution in [1.82, 2.24) is 4.90 Å². The summed E-state index contributed by atoms with van der Waals surface area (Å²) in [5.41, 5.74) is -0.120. The predicted molar refractivity (Wildman–Crippen MR) is 87.3 cm³/mol. The molecule has 0 N–H and O–H groups in total. The third-order valence-electron chi connectivity index (χ3n) is 3.19. The zero-order valence-electron chi connectivity index (χ0n) is 15.1. The van der Waals surface area contributed by atoms with Gasteiger partial charge in [0, 0.05) is 23.5 Å². The van der Waals surface area contributed by atoms with Gasteiger partial charge in [0.1, 0.15) is 5.60 Å². The fourth-order valence-electron chi connectivity index (χ4n) is 2.02. The van der Waals surface area contributed by atoms with E-state index >= 15 is 0 Å². The first-order chi connectivity index (χ1) is 10.5. The molecule has 128 valence electrons. The second-order valence-electron chi connectivity index (χ2n) is 6.65. The predicted octanol–water partition coefficient (Wildman–Crippen LogP) is -0.177. The van der Waals surface area contributed by atoms with E-state index in [0.717, 1.165) is 0 Å². The van der Waals surface area contributed by atoms with Crippen LogP contribution >= 0.6 is 11.6 Å². The van der Waals surface area contributed by atoms with E-state index in [9.17, 15) is 14.7 Å². The number of aliphatic carboxylic acids is 1.